The average molecular weight is 262 g/mol. The van der Waals surface area contributed by atoms with Gasteiger partial charge in [0.15, 0.2) is 0 Å². The van der Waals surface area contributed by atoms with E-state index >= 15 is 0 Å². The van der Waals surface area contributed by atoms with E-state index in [2.05, 4.69) is 0 Å². The van der Waals surface area contributed by atoms with Gasteiger partial charge < -0.3 is 19.8 Å². The van der Waals surface area contributed by atoms with Crippen molar-refractivity contribution >= 4 is 22.1 Å². The Morgan fingerprint density at radius 2 is 1.69 bits per heavy atom. The van der Waals surface area contributed by atoms with Gasteiger partial charge in [-0.05, 0) is 0 Å². The number of carbonyl (C=O) groups is 2. The minimum atomic E-state index is -4.94. The van der Waals surface area contributed by atoms with Gasteiger partial charge in [-0.15, -0.1) is 0 Å². The van der Waals surface area contributed by atoms with Gasteiger partial charge >= 0.3 is 19.5 Å². The molecule has 1 N–H and O–H groups in total. The Labute approximate surface area is 86.3 Å². The molecule has 70 valence electrons. The summed E-state index contributed by atoms with van der Waals surface area (Å²) in [6, 6.07) is 0. The third kappa shape index (κ3) is 5.67. The number of carbonyl (C=O) groups excluding carboxylic acids is 2. The van der Waals surface area contributed by atoms with Crippen molar-refractivity contribution in [1.29, 1.82) is 0 Å². The van der Waals surface area contributed by atoms with Crippen LogP contribution in [0.25, 0.3) is 0 Å². The first-order chi connectivity index (χ1) is 5.25. The van der Waals surface area contributed by atoms with Gasteiger partial charge in [-0.1, -0.05) is 0 Å². The summed E-state index contributed by atoms with van der Waals surface area (Å²) in [6.07, 6.45) is -1.33. The van der Waals surface area contributed by atoms with Crippen LogP contribution in [0.2, 0.25) is 0 Å². The van der Waals surface area contributed by atoms with E-state index in [4.69, 9.17) is 4.55 Å². The largest absolute Gasteiger partial charge is 2.00 e. The van der Waals surface area contributed by atoms with Gasteiger partial charge in [0.1, 0.15) is 5.25 Å². The number of aliphatic carboxylic acids is 2. The molecule has 0 aliphatic rings. The van der Waals surface area contributed by atoms with Crippen molar-refractivity contribution in [1.82, 2.24) is 0 Å². The van der Waals surface area contributed by atoms with Crippen molar-refractivity contribution in [3.05, 3.63) is 0 Å². The zero-order chi connectivity index (χ0) is 9.94. The summed E-state index contributed by atoms with van der Waals surface area (Å²) in [7, 11) is -4.94. The second-order valence-corrected chi connectivity index (χ2v) is 3.50. The van der Waals surface area contributed by atoms with Crippen LogP contribution in [0.4, 0.5) is 0 Å². The van der Waals surface area contributed by atoms with E-state index < -0.39 is 33.7 Å². The molecule has 0 fully saturated rings. The normalized spacial score (nSPS) is 12.7. The summed E-state index contributed by atoms with van der Waals surface area (Å²) >= 11 is 0. The molecular formula is C4H4O7SZn. The maximum Gasteiger partial charge on any atom is 2.00 e. The van der Waals surface area contributed by atoms with Crippen LogP contribution in [0.1, 0.15) is 6.42 Å². The van der Waals surface area contributed by atoms with Gasteiger partial charge in [-0.3, -0.25) is 4.55 Å². The van der Waals surface area contributed by atoms with Gasteiger partial charge in [-0.2, -0.15) is 8.42 Å². The Bertz CT molecular complexity index is 294. The molecule has 0 aromatic heterocycles. The van der Waals surface area contributed by atoms with Crippen LogP contribution in [0.5, 0.6) is 0 Å². The summed E-state index contributed by atoms with van der Waals surface area (Å²) < 4.78 is 28.5. The summed E-state index contributed by atoms with van der Waals surface area (Å²) in [6.45, 7) is 0. The summed E-state index contributed by atoms with van der Waals surface area (Å²) in [4.78, 5) is 19.7. The van der Waals surface area contributed by atoms with Crippen molar-refractivity contribution in [3.8, 4) is 0 Å². The first-order valence-electron chi connectivity index (χ1n) is 2.62. The number of hydrogen-bond donors (Lipinski definition) is 1. The van der Waals surface area contributed by atoms with Gasteiger partial charge in [0.25, 0.3) is 10.1 Å². The van der Waals surface area contributed by atoms with Crippen LogP contribution in [0, 0.1) is 0 Å². The topological polar surface area (TPSA) is 135 Å². The second kappa shape index (κ2) is 5.26. The van der Waals surface area contributed by atoms with E-state index in [1.54, 1.807) is 0 Å². The first-order valence-corrected chi connectivity index (χ1v) is 4.12. The number of carboxylic acids is 2. The van der Waals surface area contributed by atoms with Crippen molar-refractivity contribution < 1.29 is 52.3 Å². The zero-order valence-electron chi connectivity index (χ0n) is 6.30. The first kappa shape index (κ1) is 15.0. The molecule has 0 saturated carbocycles. The summed E-state index contributed by atoms with van der Waals surface area (Å²) in [5.74, 6) is -4.08. The molecule has 1 unspecified atom stereocenters. The molecule has 9 heteroatoms. The Kier molecular flexibility index (Phi) is 6.05. The molecule has 0 heterocycles. The van der Waals surface area contributed by atoms with E-state index in [1.165, 1.54) is 0 Å². The van der Waals surface area contributed by atoms with Crippen LogP contribution in [0.3, 0.4) is 0 Å². The number of carboxylic acid groups (broad SMARTS) is 2. The number of hydrogen-bond acceptors (Lipinski definition) is 6. The van der Waals surface area contributed by atoms with E-state index in [0.29, 0.717) is 0 Å². The van der Waals surface area contributed by atoms with Crippen LogP contribution >= 0.6 is 0 Å². The standard InChI is InChI=1S/C4H6O7S.Zn/c5-3(6)1-2(4(7)8)12(9,10)11;/h2H,1H2,(H,5,6)(H,7,8)(H,9,10,11);/q;+2/p-2. The molecule has 0 radical (unpaired) electrons. The molecule has 0 saturated heterocycles. The Morgan fingerprint density at radius 1 is 1.31 bits per heavy atom. The zero-order valence-corrected chi connectivity index (χ0v) is 10.1. The maximum absolute atomic E-state index is 10.2. The van der Waals surface area contributed by atoms with Crippen LogP contribution in [0.15, 0.2) is 0 Å². The smallest absolute Gasteiger partial charge is 0.550 e. The maximum atomic E-state index is 10.2. The molecule has 0 spiro atoms. The number of rotatable bonds is 4. The molecule has 0 aromatic carbocycles. The monoisotopic (exact) mass is 260 g/mol. The fourth-order valence-electron chi connectivity index (χ4n) is 0.462. The van der Waals surface area contributed by atoms with Crippen molar-refractivity contribution in [2.75, 3.05) is 0 Å². The van der Waals surface area contributed by atoms with Crippen molar-refractivity contribution in [3.63, 3.8) is 0 Å². The van der Waals surface area contributed by atoms with Crippen molar-refractivity contribution in [2.45, 2.75) is 11.7 Å². The molecule has 1 atom stereocenters. The molecule has 0 aliphatic heterocycles. The van der Waals surface area contributed by atoms with Crippen LogP contribution in [-0.2, 0) is 39.2 Å². The van der Waals surface area contributed by atoms with Gasteiger partial charge in [-0.25, -0.2) is 0 Å². The third-order valence-electron chi connectivity index (χ3n) is 0.975. The summed E-state index contributed by atoms with van der Waals surface area (Å²) in [5, 5.41) is 17.3. The quantitative estimate of drug-likeness (QED) is 0.404. The summed E-state index contributed by atoms with van der Waals surface area (Å²) in [5.41, 5.74) is 0. The molecule has 0 bridgehead atoms. The van der Waals surface area contributed by atoms with E-state index in [0.717, 1.165) is 0 Å². The average Bonchev–Trinajstić information content (AvgIpc) is 1.79. The predicted octanol–water partition coefficient (Wildman–Crippen LogP) is -3.87. The minimum Gasteiger partial charge on any atom is -0.550 e. The molecule has 0 rings (SSSR count). The second-order valence-electron chi connectivity index (χ2n) is 1.90. The van der Waals surface area contributed by atoms with Gasteiger partial charge in [0, 0.05) is 12.4 Å². The van der Waals surface area contributed by atoms with Crippen molar-refractivity contribution in [2.24, 2.45) is 0 Å². The fourth-order valence-corrected chi connectivity index (χ4v) is 1.05. The molecule has 0 aromatic rings. The van der Waals surface area contributed by atoms with E-state index in [1.807, 2.05) is 0 Å². The van der Waals surface area contributed by atoms with Crippen LogP contribution < -0.4 is 10.2 Å². The fraction of sp³-hybridized carbons (Fsp3) is 0.500. The molecule has 0 aliphatic carbocycles. The Balaban J connectivity index is 0. The van der Waals surface area contributed by atoms with Gasteiger partial charge in [0.05, 0.1) is 5.97 Å². The third-order valence-corrected chi connectivity index (χ3v) is 2.05. The molecular weight excluding hydrogens is 257 g/mol. The van der Waals surface area contributed by atoms with E-state index in [-0.39, 0.29) is 19.5 Å². The SMILES string of the molecule is O=C([O-])CC(C(=O)[O-])S(=O)(=O)O.[Zn+2]. The Morgan fingerprint density at radius 3 is 1.77 bits per heavy atom. The van der Waals surface area contributed by atoms with E-state index in [9.17, 15) is 28.2 Å². The molecule has 13 heavy (non-hydrogen) atoms. The van der Waals surface area contributed by atoms with Crippen LogP contribution in [-0.4, -0.2) is 30.2 Å². The predicted molar refractivity (Wildman–Crippen MR) is 30.0 cm³/mol. The van der Waals surface area contributed by atoms with Gasteiger partial charge in [0.2, 0.25) is 0 Å². The molecule has 7 nitrogen and oxygen atoms in total. The Hall–Kier alpha value is -0.527. The molecule has 0 amide bonds. The minimum absolute atomic E-state index is 0.